The maximum atomic E-state index is 11.8. The largest absolute Gasteiger partial charge is 0.469 e. The van der Waals surface area contributed by atoms with Gasteiger partial charge in [0.25, 0.3) is 0 Å². The monoisotopic (exact) mass is 324 g/mol. The van der Waals surface area contributed by atoms with Crippen LogP contribution in [0, 0.1) is 6.92 Å². The van der Waals surface area contributed by atoms with Gasteiger partial charge in [-0.15, -0.1) is 0 Å². The molecule has 0 atom stereocenters. The van der Waals surface area contributed by atoms with E-state index < -0.39 is 0 Å². The van der Waals surface area contributed by atoms with Crippen molar-refractivity contribution in [3.05, 3.63) is 41.6 Å². The highest BCUT2D eigenvalue weighted by atomic mass is 16.5. The molecule has 24 heavy (non-hydrogen) atoms. The van der Waals surface area contributed by atoms with Gasteiger partial charge in [0.2, 0.25) is 0 Å². The number of H-pyrrole nitrogens is 1. The van der Waals surface area contributed by atoms with Gasteiger partial charge >= 0.3 is 5.97 Å². The second-order valence-electron chi connectivity index (χ2n) is 5.46. The number of methoxy groups -OCH3 is 1. The molecule has 3 aromatic rings. The fourth-order valence-electron chi connectivity index (χ4n) is 2.53. The van der Waals surface area contributed by atoms with Gasteiger partial charge in [0, 0.05) is 30.3 Å². The van der Waals surface area contributed by atoms with Crippen molar-refractivity contribution in [2.45, 2.75) is 20.3 Å². The van der Waals surface area contributed by atoms with E-state index in [1.807, 2.05) is 12.1 Å². The molecule has 0 bridgehead atoms. The van der Waals surface area contributed by atoms with Crippen LogP contribution in [0.2, 0.25) is 0 Å². The molecule has 1 N–H and O–H groups in total. The predicted molar refractivity (Wildman–Crippen MR) is 87.6 cm³/mol. The van der Waals surface area contributed by atoms with Crippen LogP contribution < -0.4 is 0 Å². The Morgan fingerprint density at radius 3 is 2.50 bits per heavy atom. The topological polar surface area (TPSA) is 97.8 Å². The van der Waals surface area contributed by atoms with Crippen molar-refractivity contribution < 1.29 is 14.3 Å². The average molecular weight is 324 g/mol. The number of aromatic amines is 1. The smallest absolute Gasteiger partial charge is 0.310 e. The summed E-state index contributed by atoms with van der Waals surface area (Å²) < 4.78 is 4.75. The third kappa shape index (κ3) is 2.88. The number of hydrogen-bond donors (Lipinski definition) is 1. The van der Waals surface area contributed by atoms with E-state index in [2.05, 4.69) is 20.2 Å². The quantitative estimate of drug-likeness (QED) is 0.584. The summed E-state index contributed by atoms with van der Waals surface area (Å²) in [6.45, 7) is 3.27. The summed E-state index contributed by atoms with van der Waals surface area (Å²) in [5.41, 5.74) is 3.28. The minimum atomic E-state index is -0.374. The molecular weight excluding hydrogens is 308 g/mol. The first-order valence-electron chi connectivity index (χ1n) is 7.37. The highest BCUT2D eigenvalue weighted by Crippen LogP contribution is 2.28. The Balaban J connectivity index is 2.22. The number of nitrogens with zero attached hydrogens (tertiary/aromatic N) is 3. The van der Waals surface area contributed by atoms with E-state index in [-0.39, 0.29) is 18.2 Å². The first-order valence-corrected chi connectivity index (χ1v) is 7.37. The zero-order valence-corrected chi connectivity index (χ0v) is 13.6. The van der Waals surface area contributed by atoms with Gasteiger partial charge in [-0.3, -0.25) is 14.7 Å². The highest BCUT2D eigenvalue weighted by molar-refractivity contribution is 6.06. The van der Waals surface area contributed by atoms with Gasteiger partial charge in [0.05, 0.1) is 19.0 Å². The molecule has 1 aromatic carbocycles. The van der Waals surface area contributed by atoms with Crippen LogP contribution in [-0.4, -0.2) is 39.0 Å². The van der Waals surface area contributed by atoms with Gasteiger partial charge in [-0.2, -0.15) is 5.10 Å². The lowest BCUT2D eigenvalue weighted by molar-refractivity contribution is -0.139. The van der Waals surface area contributed by atoms with Crippen molar-refractivity contribution in [2.75, 3.05) is 7.11 Å². The standard InChI is InChI=1S/C17H16N4O3/c1-9(22)16-14-5-11(13-7-18-10(2)19-8-13)4-12(6-15(23)24-3)17(14)21-20-16/h4-5,7-8H,6H2,1-3H3,(H,20,21). The molecule has 0 amide bonds. The van der Waals surface area contributed by atoms with E-state index in [9.17, 15) is 9.59 Å². The molecule has 7 heteroatoms. The van der Waals surface area contributed by atoms with E-state index in [4.69, 9.17) is 4.74 Å². The maximum absolute atomic E-state index is 11.8. The number of benzene rings is 1. The normalized spacial score (nSPS) is 10.8. The van der Waals surface area contributed by atoms with E-state index in [1.54, 1.807) is 19.3 Å². The van der Waals surface area contributed by atoms with Gasteiger partial charge in [-0.25, -0.2) is 9.97 Å². The number of Topliss-reactive ketones (excluding diaryl/α,β-unsaturated/α-hetero) is 1. The van der Waals surface area contributed by atoms with Crippen LogP contribution >= 0.6 is 0 Å². The first-order chi connectivity index (χ1) is 11.5. The minimum absolute atomic E-state index is 0.0652. The molecule has 7 nitrogen and oxygen atoms in total. The molecule has 0 aliphatic carbocycles. The van der Waals surface area contributed by atoms with E-state index in [1.165, 1.54) is 14.0 Å². The molecular formula is C17H16N4O3. The molecule has 0 spiro atoms. The van der Waals surface area contributed by atoms with Crippen LogP contribution in [0.4, 0.5) is 0 Å². The van der Waals surface area contributed by atoms with Gasteiger partial charge in [0.15, 0.2) is 5.78 Å². The van der Waals surface area contributed by atoms with Crippen molar-refractivity contribution in [3.63, 3.8) is 0 Å². The Morgan fingerprint density at radius 2 is 1.88 bits per heavy atom. The molecule has 2 aromatic heterocycles. The number of aromatic nitrogens is 4. The second kappa shape index (κ2) is 6.19. The van der Waals surface area contributed by atoms with Crippen LogP contribution in [0.5, 0.6) is 0 Å². The summed E-state index contributed by atoms with van der Waals surface area (Å²) in [6, 6.07) is 3.70. The lowest BCUT2D eigenvalue weighted by atomic mass is 9.99. The summed E-state index contributed by atoms with van der Waals surface area (Å²) >= 11 is 0. The van der Waals surface area contributed by atoms with E-state index in [0.29, 0.717) is 28.0 Å². The summed E-state index contributed by atoms with van der Waals surface area (Å²) in [7, 11) is 1.34. The van der Waals surface area contributed by atoms with Crippen molar-refractivity contribution in [3.8, 4) is 11.1 Å². The minimum Gasteiger partial charge on any atom is -0.469 e. The highest BCUT2D eigenvalue weighted by Gasteiger charge is 2.17. The number of carbonyl (C=O) groups excluding carboxylic acids is 2. The SMILES string of the molecule is COC(=O)Cc1cc(-c2cnc(C)nc2)cc2c(C(C)=O)[nH]nc12. The molecule has 0 aliphatic heterocycles. The third-order valence-corrected chi connectivity index (χ3v) is 3.77. The van der Waals surface area contributed by atoms with Crippen LogP contribution in [-0.2, 0) is 16.0 Å². The number of nitrogens with one attached hydrogen (secondary N) is 1. The number of carbonyl (C=O) groups is 2. The van der Waals surface area contributed by atoms with Crippen LogP contribution in [0.3, 0.4) is 0 Å². The number of ether oxygens (including phenoxy) is 1. The molecule has 0 radical (unpaired) electrons. The summed E-state index contributed by atoms with van der Waals surface area (Å²) in [4.78, 5) is 31.9. The van der Waals surface area contributed by atoms with E-state index in [0.717, 1.165) is 11.1 Å². The van der Waals surface area contributed by atoms with Crippen molar-refractivity contribution >= 4 is 22.7 Å². The zero-order chi connectivity index (χ0) is 17.3. The van der Waals surface area contributed by atoms with Gasteiger partial charge in [-0.05, 0) is 30.2 Å². The molecule has 0 saturated heterocycles. The molecule has 0 saturated carbocycles. The van der Waals surface area contributed by atoms with E-state index >= 15 is 0 Å². The van der Waals surface area contributed by atoms with Crippen molar-refractivity contribution in [1.82, 2.24) is 20.2 Å². The zero-order valence-electron chi connectivity index (χ0n) is 13.6. The Kier molecular flexibility index (Phi) is 4.07. The Hall–Kier alpha value is -3.09. The third-order valence-electron chi connectivity index (χ3n) is 3.77. The molecule has 0 fully saturated rings. The van der Waals surface area contributed by atoms with Crippen molar-refractivity contribution in [2.24, 2.45) is 0 Å². The number of fused-ring (bicyclic) bond motifs is 1. The Bertz CT molecular complexity index is 929. The molecule has 0 aliphatic rings. The van der Waals surface area contributed by atoms with Crippen LogP contribution in [0.25, 0.3) is 22.0 Å². The number of ketones is 1. The fourth-order valence-corrected chi connectivity index (χ4v) is 2.53. The summed E-state index contributed by atoms with van der Waals surface area (Å²) in [6.07, 6.45) is 3.48. The second-order valence-corrected chi connectivity index (χ2v) is 5.46. The van der Waals surface area contributed by atoms with Gasteiger partial charge < -0.3 is 4.74 Å². The van der Waals surface area contributed by atoms with Crippen molar-refractivity contribution in [1.29, 1.82) is 0 Å². The number of rotatable bonds is 4. The summed E-state index contributed by atoms with van der Waals surface area (Å²) in [5.74, 6) is 0.169. The molecule has 3 rings (SSSR count). The average Bonchev–Trinajstić information content (AvgIpc) is 2.99. The Morgan fingerprint density at radius 1 is 1.17 bits per heavy atom. The Labute approximate surface area is 138 Å². The maximum Gasteiger partial charge on any atom is 0.310 e. The predicted octanol–water partition coefficient (Wildman–Crippen LogP) is 2.25. The van der Waals surface area contributed by atoms with Crippen LogP contribution in [0.1, 0.15) is 28.8 Å². The number of esters is 1. The first kappa shape index (κ1) is 15.8. The van der Waals surface area contributed by atoms with Gasteiger partial charge in [-0.1, -0.05) is 0 Å². The number of hydrogen-bond acceptors (Lipinski definition) is 6. The lowest BCUT2D eigenvalue weighted by Crippen LogP contribution is -2.05. The number of aryl methyl sites for hydroxylation is 1. The molecule has 122 valence electrons. The van der Waals surface area contributed by atoms with Gasteiger partial charge in [0.1, 0.15) is 11.5 Å². The molecule has 2 heterocycles. The molecule has 0 unspecified atom stereocenters. The fraction of sp³-hybridized carbons (Fsp3) is 0.235. The van der Waals surface area contributed by atoms with Crippen LogP contribution in [0.15, 0.2) is 24.5 Å². The summed E-state index contributed by atoms with van der Waals surface area (Å²) in [5, 5.41) is 7.61. The lowest BCUT2D eigenvalue weighted by Gasteiger charge is -2.07.